The Morgan fingerprint density at radius 1 is 0.377 bits per heavy atom. The summed E-state index contributed by atoms with van der Waals surface area (Å²) < 4.78 is 58.1. The summed E-state index contributed by atoms with van der Waals surface area (Å²) in [5, 5.41) is 4.99. The van der Waals surface area contributed by atoms with Gasteiger partial charge in [-0.2, -0.15) is 0 Å². The molecule has 288 valence electrons. The van der Waals surface area contributed by atoms with Gasteiger partial charge in [0.2, 0.25) is 0 Å². The van der Waals surface area contributed by atoms with Gasteiger partial charge in [0.15, 0.2) is 11.5 Å². The minimum atomic E-state index is 0.417. The van der Waals surface area contributed by atoms with E-state index in [1.165, 1.54) is 32.7 Å². The van der Waals surface area contributed by atoms with Crippen LogP contribution in [0.1, 0.15) is 16.7 Å². The highest BCUT2D eigenvalue weighted by atomic mass is 16.6. The van der Waals surface area contributed by atoms with Crippen LogP contribution in [0.25, 0.3) is 21.5 Å². The highest BCUT2D eigenvalue weighted by Gasteiger charge is 2.18. The molecular weight excluding hydrogens is 678 g/mol. The van der Waals surface area contributed by atoms with Crippen molar-refractivity contribution in [3.05, 3.63) is 83.4 Å². The molecule has 1 fully saturated rings. The zero-order valence-electron chi connectivity index (χ0n) is 30.9. The fraction of sp³-hybridized carbons (Fsp3) is 0.524. The van der Waals surface area contributed by atoms with E-state index in [4.69, 9.17) is 47.4 Å². The zero-order chi connectivity index (χ0) is 36.2. The molecule has 1 saturated heterocycles. The smallest absolute Gasteiger partial charge is 0.161 e. The second-order valence-electron chi connectivity index (χ2n) is 12.9. The molecule has 11 nitrogen and oxygen atoms in total. The zero-order valence-corrected chi connectivity index (χ0v) is 30.9. The second kappa shape index (κ2) is 22.8. The standard InChI is InChI=1S/C42H55NO10/c1-3-7-37-35(5-1)39(31-34-9-10-41-42(32-34)53-30-28-51-26-24-49-23-25-50-27-29-52-41)36-6-2-4-8-38(36)40(37)33-43-11-13-44-15-17-46-19-21-48-22-20-47-18-16-45-14-12-43/h1-10,32H,11-31,33H2. The summed E-state index contributed by atoms with van der Waals surface area (Å²) in [7, 11) is 0. The molecule has 0 aromatic heterocycles. The number of rotatable bonds is 4. The molecule has 4 aromatic carbocycles. The molecule has 0 amide bonds. The largest absolute Gasteiger partial charge is 0.487 e. The van der Waals surface area contributed by atoms with E-state index in [1.807, 2.05) is 6.07 Å². The van der Waals surface area contributed by atoms with Crippen LogP contribution in [0.15, 0.2) is 66.7 Å². The first-order valence-electron chi connectivity index (χ1n) is 19.0. The first-order valence-corrected chi connectivity index (χ1v) is 19.0. The molecule has 0 spiro atoms. The van der Waals surface area contributed by atoms with E-state index >= 15 is 0 Å². The Bertz CT molecular complexity index is 1580. The van der Waals surface area contributed by atoms with Crippen LogP contribution in [-0.4, -0.2) is 137 Å². The fourth-order valence-electron chi connectivity index (χ4n) is 6.59. The van der Waals surface area contributed by atoms with Crippen LogP contribution in [0, 0.1) is 0 Å². The molecule has 6 rings (SSSR count). The Morgan fingerprint density at radius 3 is 1.21 bits per heavy atom. The molecular formula is C42H55NO10. The van der Waals surface area contributed by atoms with E-state index in [0.717, 1.165) is 31.6 Å². The third kappa shape index (κ3) is 12.6. The van der Waals surface area contributed by atoms with Crippen molar-refractivity contribution in [2.24, 2.45) is 0 Å². The lowest BCUT2D eigenvalue weighted by molar-refractivity contribution is -0.0189. The summed E-state index contributed by atoms with van der Waals surface area (Å²) in [6, 6.07) is 23.8. The third-order valence-electron chi connectivity index (χ3n) is 9.23. The van der Waals surface area contributed by atoms with Crippen LogP contribution in [0.2, 0.25) is 0 Å². The van der Waals surface area contributed by atoms with Gasteiger partial charge in [-0.1, -0.05) is 54.6 Å². The SMILES string of the molecule is c1ccc2c(CN3CCOCCOCCOCCOCCOCC3)c3ccccc3c(Cc3ccc4c(c3)OCCOCCOCCOCCO4)c2c1. The van der Waals surface area contributed by atoms with E-state index in [-0.39, 0.29) is 0 Å². The van der Waals surface area contributed by atoms with E-state index in [9.17, 15) is 0 Å². The Morgan fingerprint density at radius 2 is 0.755 bits per heavy atom. The molecule has 0 atom stereocenters. The van der Waals surface area contributed by atoms with E-state index in [2.05, 4.69) is 65.6 Å². The van der Waals surface area contributed by atoms with Crippen molar-refractivity contribution in [1.29, 1.82) is 0 Å². The average Bonchev–Trinajstić information content (AvgIpc) is 3.19. The maximum Gasteiger partial charge on any atom is 0.161 e. The van der Waals surface area contributed by atoms with Gasteiger partial charge < -0.3 is 47.4 Å². The molecule has 2 heterocycles. The van der Waals surface area contributed by atoms with Crippen molar-refractivity contribution >= 4 is 21.5 Å². The number of hydrogen-bond donors (Lipinski definition) is 0. The number of fused-ring (bicyclic) bond motifs is 3. The Hall–Kier alpha value is -3.36. The van der Waals surface area contributed by atoms with Gasteiger partial charge in [0.05, 0.1) is 106 Å². The van der Waals surface area contributed by atoms with Crippen LogP contribution in [0.4, 0.5) is 0 Å². The minimum Gasteiger partial charge on any atom is -0.487 e. The van der Waals surface area contributed by atoms with E-state index in [0.29, 0.717) is 130 Å². The van der Waals surface area contributed by atoms with Gasteiger partial charge in [0.25, 0.3) is 0 Å². The van der Waals surface area contributed by atoms with E-state index < -0.39 is 0 Å². The summed E-state index contributed by atoms with van der Waals surface area (Å²) in [6.07, 6.45) is 0.733. The molecule has 2 aliphatic rings. The molecule has 4 aromatic rings. The summed E-state index contributed by atoms with van der Waals surface area (Å²) in [5.41, 5.74) is 3.73. The van der Waals surface area contributed by atoms with E-state index in [1.54, 1.807) is 0 Å². The van der Waals surface area contributed by atoms with Gasteiger partial charge in [-0.25, -0.2) is 0 Å². The van der Waals surface area contributed by atoms with Gasteiger partial charge in [-0.3, -0.25) is 4.90 Å². The number of ether oxygens (including phenoxy) is 10. The maximum absolute atomic E-state index is 6.23. The van der Waals surface area contributed by atoms with Crippen LogP contribution >= 0.6 is 0 Å². The topological polar surface area (TPSA) is 95.5 Å². The normalized spacial score (nSPS) is 19.5. The minimum absolute atomic E-state index is 0.417. The van der Waals surface area contributed by atoms with Crippen molar-refractivity contribution in [2.75, 3.05) is 132 Å². The number of benzene rings is 4. The third-order valence-corrected chi connectivity index (χ3v) is 9.23. The fourth-order valence-corrected chi connectivity index (χ4v) is 6.59. The molecule has 2 aliphatic heterocycles. The highest BCUT2D eigenvalue weighted by Crippen LogP contribution is 2.37. The lowest BCUT2D eigenvalue weighted by Gasteiger charge is -2.25. The molecule has 0 unspecified atom stereocenters. The highest BCUT2D eigenvalue weighted by molar-refractivity contribution is 6.06. The van der Waals surface area contributed by atoms with Gasteiger partial charge in [0.1, 0.15) is 13.2 Å². The molecule has 0 radical (unpaired) electrons. The monoisotopic (exact) mass is 733 g/mol. The van der Waals surface area contributed by atoms with Gasteiger partial charge in [0, 0.05) is 19.6 Å². The molecule has 0 bridgehead atoms. The summed E-state index contributed by atoms with van der Waals surface area (Å²) >= 11 is 0. The Balaban J connectivity index is 1.23. The first kappa shape index (κ1) is 39.3. The summed E-state index contributed by atoms with van der Waals surface area (Å²) in [4.78, 5) is 2.43. The van der Waals surface area contributed by atoms with Crippen molar-refractivity contribution in [3.8, 4) is 11.5 Å². The molecule has 0 aliphatic carbocycles. The molecule has 0 N–H and O–H groups in total. The summed E-state index contributed by atoms with van der Waals surface area (Å²) in [6.45, 7) is 11.8. The quantitative estimate of drug-likeness (QED) is 0.256. The van der Waals surface area contributed by atoms with Gasteiger partial charge in [-0.05, 0) is 56.8 Å². The first-order chi connectivity index (χ1) is 26.4. The Labute approximate surface area is 313 Å². The number of nitrogens with zero attached hydrogens (tertiary/aromatic N) is 1. The second-order valence-corrected chi connectivity index (χ2v) is 12.9. The van der Waals surface area contributed by atoms with Crippen LogP contribution in [0.5, 0.6) is 11.5 Å². The lowest BCUT2D eigenvalue weighted by atomic mass is 9.88. The van der Waals surface area contributed by atoms with Gasteiger partial charge in [-0.15, -0.1) is 0 Å². The Kier molecular flexibility index (Phi) is 16.9. The summed E-state index contributed by atoms with van der Waals surface area (Å²) in [5.74, 6) is 1.41. The lowest BCUT2D eigenvalue weighted by Crippen LogP contribution is -2.31. The molecule has 11 heteroatoms. The molecule has 53 heavy (non-hydrogen) atoms. The van der Waals surface area contributed by atoms with Crippen molar-refractivity contribution in [1.82, 2.24) is 4.90 Å². The predicted molar refractivity (Wildman–Crippen MR) is 204 cm³/mol. The van der Waals surface area contributed by atoms with Crippen molar-refractivity contribution in [3.63, 3.8) is 0 Å². The van der Waals surface area contributed by atoms with Crippen molar-refractivity contribution in [2.45, 2.75) is 13.0 Å². The van der Waals surface area contributed by atoms with Crippen molar-refractivity contribution < 1.29 is 47.4 Å². The average molecular weight is 734 g/mol. The van der Waals surface area contributed by atoms with Gasteiger partial charge >= 0.3 is 0 Å². The predicted octanol–water partition coefficient (Wildman–Crippen LogP) is 5.30. The van der Waals surface area contributed by atoms with Crippen LogP contribution in [-0.2, 0) is 50.9 Å². The van der Waals surface area contributed by atoms with Crippen LogP contribution < -0.4 is 9.47 Å². The molecule has 0 saturated carbocycles. The maximum atomic E-state index is 6.23. The number of hydrogen-bond acceptors (Lipinski definition) is 11. The van der Waals surface area contributed by atoms with Crippen LogP contribution in [0.3, 0.4) is 0 Å².